The molecule has 0 saturated heterocycles. The van der Waals surface area contributed by atoms with Gasteiger partial charge in [-0.15, -0.1) is 0 Å². The smallest absolute Gasteiger partial charge is 0.224 e. The second-order valence-electron chi connectivity index (χ2n) is 6.12. The minimum absolute atomic E-state index is 0.0167. The number of carbonyl (C=O) groups excluding carboxylic acids is 1. The number of nitrogens with one attached hydrogen (secondary N) is 1. The van der Waals surface area contributed by atoms with Gasteiger partial charge >= 0.3 is 0 Å². The number of aromatic nitrogens is 3. The molecule has 0 spiro atoms. The van der Waals surface area contributed by atoms with Crippen molar-refractivity contribution in [3.8, 4) is 0 Å². The number of aryl methyl sites for hydroxylation is 4. The molecule has 5 nitrogen and oxygen atoms in total. The van der Waals surface area contributed by atoms with Crippen molar-refractivity contribution < 1.29 is 4.79 Å². The van der Waals surface area contributed by atoms with Crippen molar-refractivity contribution in [3.63, 3.8) is 0 Å². The molecule has 2 heterocycles. The Morgan fingerprint density at radius 2 is 1.83 bits per heavy atom. The van der Waals surface area contributed by atoms with Gasteiger partial charge in [-0.05, 0) is 50.5 Å². The van der Waals surface area contributed by atoms with Gasteiger partial charge in [0.05, 0.1) is 5.69 Å². The summed E-state index contributed by atoms with van der Waals surface area (Å²) < 4.78 is 1.82. The van der Waals surface area contributed by atoms with E-state index in [-0.39, 0.29) is 5.91 Å². The van der Waals surface area contributed by atoms with Crippen LogP contribution in [-0.4, -0.2) is 20.7 Å². The summed E-state index contributed by atoms with van der Waals surface area (Å²) in [6.07, 6.45) is 1.11. The SMILES string of the molecule is Cc1nc2c(c(C)nn2C)c(C)c1CCC(=O)Nc1ccccc1. The molecule has 124 valence electrons. The zero-order chi connectivity index (χ0) is 17.3. The van der Waals surface area contributed by atoms with Crippen molar-refractivity contribution in [1.82, 2.24) is 14.8 Å². The number of carbonyl (C=O) groups is 1. The summed E-state index contributed by atoms with van der Waals surface area (Å²) in [6.45, 7) is 6.09. The molecule has 24 heavy (non-hydrogen) atoms. The van der Waals surface area contributed by atoms with E-state index in [9.17, 15) is 4.79 Å². The van der Waals surface area contributed by atoms with E-state index in [1.54, 1.807) is 0 Å². The van der Waals surface area contributed by atoms with Gasteiger partial charge in [0, 0.05) is 30.2 Å². The lowest BCUT2D eigenvalue weighted by Crippen LogP contribution is -2.13. The van der Waals surface area contributed by atoms with Crippen molar-refractivity contribution in [2.24, 2.45) is 7.05 Å². The number of para-hydroxylation sites is 1. The molecular weight excluding hydrogens is 300 g/mol. The number of hydrogen-bond acceptors (Lipinski definition) is 3. The Labute approximate surface area is 141 Å². The molecule has 0 aliphatic carbocycles. The first-order valence-electron chi connectivity index (χ1n) is 8.11. The number of nitrogens with zero attached hydrogens (tertiary/aromatic N) is 3. The van der Waals surface area contributed by atoms with Crippen molar-refractivity contribution in [2.45, 2.75) is 33.6 Å². The van der Waals surface area contributed by atoms with Crippen molar-refractivity contribution >= 4 is 22.6 Å². The largest absolute Gasteiger partial charge is 0.326 e. The lowest BCUT2D eigenvalue weighted by Gasteiger charge is -2.11. The zero-order valence-corrected chi connectivity index (χ0v) is 14.6. The Kier molecular flexibility index (Phi) is 4.34. The van der Waals surface area contributed by atoms with Gasteiger partial charge in [0.2, 0.25) is 5.91 Å². The monoisotopic (exact) mass is 322 g/mol. The van der Waals surface area contributed by atoms with Crippen LogP contribution in [0.5, 0.6) is 0 Å². The summed E-state index contributed by atoms with van der Waals surface area (Å²) in [4.78, 5) is 16.9. The van der Waals surface area contributed by atoms with Crippen LogP contribution in [0.25, 0.3) is 11.0 Å². The van der Waals surface area contributed by atoms with Crippen LogP contribution in [-0.2, 0) is 18.3 Å². The molecular formula is C19H22N4O. The molecule has 1 N–H and O–H groups in total. The standard InChI is InChI=1S/C19H22N4O/c1-12-16(10-11-17(24)21-15-8-6-5-7-9-15)13(2)20-19-18(12)14(3)22-23(19)4/h5-9H,10-11H2,1-4H3,(H,21,24). The Hall–Kier alpha value is -2.69. The first-order valence-corrected chi connectivity index (χ1v) is 8.11. The van der Waals surface area contributed by atoms with E-state index >= 15 is 0 Å². The van der Waals surface area contributed by atoms with E-state index in [2.05, 4.69) is 22.3 Å². The molecule has 0 bridgehead atoms. The van der Waals surface area contributed by atoms with Gasteiger partial charge in [-0.2, -0.15) is 5.10 Å². The van der Waals surface area contributed by atoms with Gasteiger partial charge < -0.3 is 5.32 Å². The highest BCUT2D eigenvalue weighted by molar-refractivity contribution is 5.91. The number of pyridine rings is 1. The maximum atomic E-state index is 12.2. The molecule has 5 heteroatoms. The van der Waals surface area contributed by atoms with Crippen molar-refractivity contribution in [2.75, 3.05) is 5.32 Å². The topological polar surface area (TPSA) is 59.8 Å². The molecule has 0 saturated carbocycles. The Bertz CT molecular complexity index is 897. The fraction of sp³-hybridized carbons (Fsp3) is 0.316. The quantitative estimate of drug-likeness (QED) is 0.800. The molecule has 0 fully saturated rings. The molecule has 3 aromatic rings. The number of anilines is 1. The van der Waals surface area contributed by atoms with Crippen molar-refractivity contribution in [3.05, 3.63) is 52.8 Å². The van der Waals surface area contributed by atoms with Gasteiger partial charge in [-0.25, -0.2) is 4.98 Å². The Balaban J connectivity index is 1.80. The van der Waals surface area contributed by atoms with E-state index in [0.29, 0.717) is 12.8 Å². The third-order valence-electron chi connectivity index (χ3n) is 4.39. The summed E-state index contributed by atoms with van der Waals surface area (Å²) >= 11 is 0. The van der Waals surface area contributed by atoms with Crippen LogP contribution in [0.3, 0.4) is 0 Å². The van der Waals surface area contributed by atoms with Gasteiger partial charge in [-0.3, -0.25) is 9.48 Å². The Morgan fingerprint density at radius 1 is 1.12 bits per heavy atom. The van der Waals surface area contributed by atoms with Crippen LogP contribution in [0.4, 0.5) is 5.69 Å². The van der Waals surface area contributed by atoms with Gasteiger partial charge in [0.1, 0.15) is 0 Å². The lowest BCUT2D eigenvalue weighted by atomic mass is 9.99. The minimum atomic E-state index is 0.0167. The van der Waals surface area contributed by atoms with E-state index in [0.717, 1.165) is 33.7 Å². The van der Waals surface area contributed by atoms with E-state index < -0.39 is 0 Å². The molecule has 0 atom stereocenters. The van der Waals surface area contributed by atoms with Crippen LogP contribution in [0.1, 0.15) is 28.9 Å². The predicted octanol–water partition coefficient (Wildman–Crippen LogP) is 3.46. The molecule has 1 aromatic carbocycles. The molecule has 2 aromatic heterocycles. The summed E-state index contributed by atoms with van der Waals surface area (Å²) in [6, 6.07) is 9.53. The summed E-state index contributed by atoms with van der Waals surface area (Å²) in [7, 11) is 1.91. The number of benzene rings is 1. The maximum absolute atomic E-state index is 12.2. The number of hydrogen-bond donors (Lipinski definition) is 1. The van der Waals surface area contributed by atoms with E-state index in [1.165, 1.54) is 5.56 Å². The van der Waals surface area contributed by atoms with Gasteiger partial charge in [-0.1, -0.05) is 18.2 Å². The second kappa shape index (κ2) is 6.43. The maximum Gasteiger partial charge on any atom is 0.224 e. The summed E-state index contributed by atoms with van der Waals surface area (Å²) in [5.74, 6) is 0.0167. The Morgan fingerprint density at radius 3 is 2.54 bits per heavy atom. The van der Waals surface area contributed by atoms with Crippen LogP contribution in [0.15, 0.2) is 30.3 Å². The zero-order valence-electron chi connectivity index (χ0n) is 14.6. The van der Waals surface area contributed by atoms with Crippen LogP contribution >= 0.6 is 0 Å². The van der Waals surface area contributed by atoms with Crippen molar-refractivity contribution in [1.29, 1.82) is 0 Å². The lowest BCUT2D eigenvalue weighted by molar-refractivity contribution is -0.116. The third kappa shape index (κ3) is 3.02. The van der Waals surface area contributed by atoms with Crippen LogP contribution in [0, 0.1) is 20.8 Å². The number of amides is 1. The molecule has 0 aliphatic rings. The molecule has 1 amide bonds. The fourth-order valence-corrected chi connectivity index (χ4v) is 3.21. The van der Waals surface area contributed by atoms with Crippen LogP contribution in [0.2, 0.25) is 0 Å². The average Bonchev–Trinajstić information content (AvgIpc) is 2.82. The molecule has 0 aliphatic heterocycles. The third-order valence-corrected chi connectivity index (χ3v) is 4.39. The highest BCUT2D eigenvalue weighted by atomic mass is 16.1. The second-order valence-corrected chi connectivity index (χ2v) is 6.12. The van der Waals surface area contributed by atoms with E-state index in [1.807, 2.05) is 55.9 Å². The molecule has 0 radical (unpaired) electrons. The van der Waals surface area contributed by atoms with E-state index in [4.69, 9.17) is 0 Å². The highest BCUT2D eigenvalue weighted by Crippen LogP contribution is 2.26. The first kappa shape index (κ1) is 16.2. The predicted molar refractivity (Wildman–Crippen MR) is 96.1 cm³/mol. The van der Waals surface area contributed by atoms with Gasteiger partial charge in [0.25, 0.3) is 0 Å². The number of fused-ring (bicyclic) bond motifs is 1. The normalized spacial score (nSPS) is 11.0. The highest BCUT2D eigenvalue weighted by Gasteiger charge is 2.16. The fourth-order valence-electron chi connectivity index (χ4n) is 3.21. The minimum Gasteiger partial charge on any atom is -0.326 e. The first-order chi connectivity index (χ1) is 11.5. The summed E-state index contributed by atoms with van der Waals surface area (Å²) in [5, 5.41) is 8.49. The average molecular weight is 322 g/mol. The van der Waals surface area contributed by atoms with Gasteiger partial charge in [0.15, 0.2) is 5.65 Å². The number of rotatable bonds is 4. The molecule has 3 rings (SSSR count). The summed E-state index contributed by atoms with van der Waals surface area (Å²) in [5.41, 5.74) is 5.99. The molecule has 0 unspecified atom stereocenters. The van der Waals surface area contributed by atoms with Crippen LogP contribution < -0.4 is 5.32 Å².